The number of hydrogen-bond donors (Lipinski definition) is 1. The predicted octanol–water partition coefficient (Wildman–Crippen LogP) is 1.78. The molecule has 0 bridgehead atoms. The smallest absolute Gasteiger partial charge is 0.226 e. The maximum atomic E-state index is 11.8. The van der Waals surface area contributed by atoms with Gasteiger partial charge in [0.05, 0.1) is 28.2 Å². The van der Waals surface area contributed by atoms with Gasteiger partial charge in [-0.2, -0.15) is 10.2 Å². The molecule has 0 atom stereocenters. The Morgan fingerprint density at radius 3 is 2.90 bits per heavy atom. The quantitative estimate of drug-likeness (QED) is 0.869. The number of anilines is 1. The third kappa shape index (κ3) is 3.91. The summed E-state index contributed by atoms with van der Waals surface area (Å²) in [7, 11) is 1.59. The van der Waals surface area contributed by atoms with E-state index in [9.17, 15) is 4.79 Å². The van der Waals surface area contributed by atoms with Crippen molar-refractivity contribution in [3.63, 3.8) is 0 Å². The van der Waals surface area contributed by atoms with Gasteiger partial charge in [0, 0.05) is 26.3 Å². The molecule has 0 saturated heterocycles. The largest absolute Gasteiger partial charge is 0.362 e. The molecular weight excluding hydrogens is 326 g/mol. The first-order valence-corrected chi connectivity index (χ1v) is 6.88. The zero-order valence-corrected chi connectivity index (χ0v) is 12.9. The number of aromatic nitrogens is 4. The molecule has 2 heterocycles. The Morgan fingerprint density at radius 1 is 1.45 bits per heavy atom. The highest BCUT2D eigenvalue weighted by Gasteiger charge is 2.07. The summed E-state index contributed by atoms with van der Waals surface area (Å²) >= 11 is 3.39. The third-order valence-electron chi connectivity index (χ3n) is 2.63. The van der Waals surface area contributed by atoms with Gasteiger partial charge in [0.15, 0.2) is 0 Å². The van der Waals surface area contributed by atoms with Crippen molar-refractivity contribution in [2.75, 3.05) is 12.4 Å². The lowest BCUT2D eigenvalue weighted by atomic mass is 10.4. The van der Waals surface area contributed by atoms with Crippen LogP contribution in [-0.4, -0.2) is 32.6 Å². The van der Waals surface area contributed by atoms with Crippen molar-refractivity contribution in [3.8, 4) is 0 Å². The number of aryl methyl sites for hydroxylation is 2. The van der Waals surface area contributed by atoms with Gasteiger partial charge < -0.3 is 10.1 Å². The lowest BCUT2D eigenvalue weighted by molar-refractivity contribution is -0.116. The Labute approximate surface area is 125 Å². The molecule has 2 rings (SSSR count). The molecule has 2 aromatic rings. The Balaban J connectivity index is 1.82. The van der Waals surface area contributed by atoms with Crippen LogP contribution in [0.2, 0.25) is 0 Å². The summed E-state index contributed by atoms with van der Waals surface area (Å²) in [5, 5.41) is 11.1. The monoisotopic (exact) mass is 341 g/mol. The maximum Gasteiger partial charge on any atom is 0.226 e. The summed E-state index contributed by atoms with van der Waals surface area (Å²) in [5.74, 6) is -0.0776. The number of rotatable bonds is 6. The molecule has 0 aromatic carbocycles. The number of nitrogens with zero attached hydrogens (tertiary/aromatic N) is 4. The van der Waals surface area contributed by atoms with E-state index in [2.05, 4.69) is 31.4 Å². The Hall–Kier alpha value is -1.67. The lowest BCUT2D eigenvalue weighted by Crippen LogP contribution is -2.14. The maximum absolute atomic E-state index is 11.8. The molecule has 0 spiro atoms. The van der Waals surface area contributed by atoms with Crippen molar-refractivity contribution in [3.05, 3.63) is 28.8 Å². The number of carbonyl (C=O) groups is 1. The standard InChI is InChI=1S/C12H16BrN5O2/c1-9-11(13)7-17(16-9)4-3-12(19)15-10-5-14-18(6-10)8-20-2/h5-7H,3-4,8H2,1-2H3,(H,15,19). The van der Waals surface area contributed by atoms with Gasteiger partial charge in [-0.05, 0) is 22.9 Å². The predicted molar refractivity (Wildman–Crippen MR) is 77.1 cm³/mol. The molecule has 0 aliphatic carbocycles. The number of carbonyl (C=O) groups excluding carboxylic acids is 1. The molecule has 7 nitrogen and oxygen atoms in total. The molecule has 2 aromatic heterocycles. The van der Waals surface area contributed by atoms with Gasteiger partial charge in [-0.3, -0.25) is 9.48 Å². The minimum atomic E-state index is -0.0776. The van der Waals surface area contributed by atoms with Crippen LogP contribution in [0.25, 0.3) is 0 Å². The summed E-state index contributed by atoms with van der Waals surface area (Å²) in [6, 6.07) is 0. The third-order valence-corrected chi connectivity index (χ3v) is 3.41. The summed E-state index contributed by atoms with van der Waals surface area (Å²) < 4.78 is 9.22. The number of ether oxygens (including phenoxy) is 1. The first-order valence-electron chi connectivity index (χ1n) is 6.09. The van der Waals surface area contributed by atoms with Crippen LogP contribution in [0.4, 0.5) is 5.69 Å². The minimum Gasteiger partial charge on any atom is -0.362 e. The van der Waals surface area contributed by atoms with E-state index in [0.717, 1.165) is 10.2 Å². The van der Waals surface area contributed by atoms with Crippen LogP contribution in [0.15, 0.2) is 23.1 Å². The van der Waals surface area contributed by atoms with E-state index in [0.29, 0.717) is 25.4 Å². The van der Waals surface area contributed by atoms with Crippen LogP contribution in [-0.2, 0) is 22.8 Å². The fourth-order valence-electron chi connectivity index (χ4n) is 1.68. The average molecular weight is 342 g/mol. The van der Waals surface area contributed by atoms with E-state index in [4.69, 9.17) is 4.74 Å². The number of nitrogens with one attached hydrogen (secondary N) is 1. The van der Waals surface area contributed by atoms with Gasteiger partial charge in [0.25, 0.3) is 0 Å². The van der Waals surface area contributed by atoms with E-state index in [-0.39, 0.29) is 5.91 Å². The van der Waals surface area contributed by atoms with Crippen LogP contribution >= 0.6 is 15.9 Å². The van der Waals surface area contributed by atoms with E-state index in [1.807, 2.05) is 13.1 Å². The van der Waals surface area contributed by atoms with Gasteiger partial charge in [-0.15, -0.1) is 0 Å². The van der Waals surface area contributed by atoms with Gasteiger partial charge in [0.1, 0.15) is 6.73 Å². The highest BCUT2D eigenvalue weighted by atomic mass is 79.9. The second-order valence-electron chi connectivity index (χ2n) is 4.31. The van der Waals surface area contributed by atoms with Crippen molar-refractivity contribution < 1.29 is 9.53 Å². The molecule has 0 unspecified atom stereocenters. The first kappa shape index (κ1) is 14.7. The van der Waals surface area contributed by atoms with Crippen molar-refractivity contribution in [2.45, 2.75) is 26.6 Å². The summed E-state index contributed by atoms with van der Waals surface area (Å²) in [6.45, 7) is 2.80. The number of methoxy groups -OCH3 is 1. The van der Waals surface area contributed by atoms with E-state index in [1.165, 1.54) is 0 Å². The highest BCUT2D eigenvalue weighted by molar-refractivity contribution is 9.10. The molecule has 108 valence electrons. The fraction of sp³-hybridized carbons (Fsp3) is 0.417. The van der Waals surface area contributed by atoms with Crippen LogP contribution in [0.1, 0.15) is 12.1 Å². The number of hydrogen-bond acceptors (Lipinski definition) is 4. The Morgan fingerprint density at radius 2 is 2.25 bits per heavy atom. The SMILES string of the molecule is COCn1cc(NC(=O)CCn2cc(Br)c(C)n2)cn1. The molecular formula is C12H16BrN5O2. The van der Waals surface area contributed by atoms with E-state index >= 15 is 0 Å². The zero-order valence-electron chi connectivity index (χ0n) is 11.3. The molecule has 1 N–H and O–H groups in total. The van der Waals surface area contributed by atoms with Crippen LogP contribution in [0, 0.1) is 6.92 Å². The van der Waals surface area contributed by atoms with E-state index in [1.54, 1.807) is 28.9 Å². The second-order valence-corrected chi connectivity index (χ2v) is 5.16. The molecule has 0 saturated carbocycles. The van der Waals surface area contributed by atoms with Crippen LogP contribution < -0.4 is 5.32 Å². The second kappa shape index (κ2) is 6.67. The van der Waals surface area contributed by atoms with Gasteiger partial charge in [0.2, 0.25) is 5.91 Å². The topological polar surface area (TPSA) is 74.0 Å². The summed E-state index contributed by atoms with van der Waals surface area (Å²) in [5.41, 5.74) is 1.57. The van der Waals surface area contributed by atoms with Crippen molar-refractivity contribution in [1.82, 2.24) is 19.6 Å². The molecule has 0 fully saturated rings. The molecule has 1 amide bonds. The van der Waals surface area contributed by atoms with E-state index < -0.39 is 0 Å². The van der Waals surface area contributed by atoms with Gasteiger partial charge >= 0.3 is 0 Å². The molecule has 20 heavy (non-hydrogen) atoms. The van der Waals surface area contributed by atoms with Gasteiger partial charge in [-0.25, -0.2) is 4.68 Å². The fourth-order valence-corrected chi connectivity index (χ4v) is 1.99. The summed E-state index contributed by atoms with van der Waals surface area (Å²) in [4.78, 5) is 11.8. The molecule has 0 aliphatic rings. The molecule has 0 radical (unpaired) electrons. The molecule has 0 aliphatic heterocycles. The summed E-state index contributed by atoms with van der Waals surface area (Å²) in [6.07, 6.45) is 5.52. The Kier molecular flexibility index (Phi) is 4.91. The van der Waals surface area contributed by atoms with Crippen LogP contribution in [0.3, 0.4) is 0 Å². The van der Waals surface area contributed by atoms with Gasteiger partial charge in [-0.1, -0.05) is 0 Å². The lowest BCUT2D eigenvalue weighted by Gasteiger charge is -2.03. The Bertz CT molecular complexity index is 573. The normalized spacial score (nSPS) is 10.8. The number of amides is 1. The highest BCUT2D eigenvalue weighted by Crippen LogP contribution is 2.13. The minimum absolute atomic E-state index is 0.0776. The van der Waals surface area contributed by atoms with Crippen molar-refractivity contribution in [1.29, 1.82) is 0 Å². The zero-order chi connectivity index (χ0) is 14.5. The van der Waals surface area contributed by atoms with Crippen LogP contribution in [0.5, 0.6) is 0 Å². The first-order chi connectivity index (χ1) is 9.58. The molecule has 8 heteroatoms. The van der Waals surface area contributed by atoms with Crippen molar-refractivity contribution >= 4 is 27.5 Å². The number of halogens is 1. The average Bonchev–Trinajstić information content (AvgIpc) is 2.96. The van der Waals surface area contributed by atoms with Crippen molar-refractivity contribution in [2.24, 2.45) is 0 Å².